The predicted octanol–water partition coefficient (Wildman–Crippen LogP) is 0.0445. The van der Waals surface area contributed by atoms with Crippen molar-refractivity contribution < 1.29 is 5.11 Å². The minimum atomic E-state index is 0.132. The number of piperidine rings is 1. The average Bonchev–Trinajstić information content (AvgIpc) is 2.72. The molecule has 0 aromatic carbocycles. The molecule has 0 bridgehead atoms. The number of aliphatic hydroxyl groups excluding tert-OH is 1. The van der Waals surface area contributed by atoms with Gasteiger partial charge in [-0.25, -0.2) is 0 Å². The first kappa shape index (κ1) is 12.5. The van der Waals surface area contributed by atoms with E-state index in [-0.39, 0.29) is 12.6 Å². The molecular formula is C12H22N4O. The van der Waals surface area contributed by atoms with Crippen molar-refractivity contribution in [2.75, 3.05) is 19.7 Å². The molecule has 0 saturated carbocycles. The number of likely N-dealkylation sites (tertiary alicyclic amines) is 1. The topological polar surface area (TPSA) is 67.3 Å². The Balaban J connectivity index is 1.87. The van der Waals surface area contributed by atoms with Crippen molar-refractivity contribution in [1.29, 1.82) is 0 Å². The number of aliphatic hydroxyl groups is 1. The van der Waals surface area contributed by atoms with Crippen molar-refractivity contribution in [1.82, 2.24) is 14.7 Å². The van der Waals surface area contributed by atoms with Gasteiger partial charge < -0.3 is 10.8 Å². The number of hydrogen-bond donors (Lipinski definition) is 2. The third-order valence-corrected chi connectivity index (χ3v) is 3.52. The molecule has 0 spiro atoms. The maximum Gasteiger partial charge on any atom is 0.0640 e. The van der Waals surface area contributed by atoms with Gasteiger partial charge in [-0.2, -0.15) is 5.10 Å². The van der Waals surface area contributed by atoms with Crippen LogP contribution in [0.1, 0.15) is 18.9 Å². The molecule has 1 aliphatic heterocycles. The Morgan fingerprint density at radius 1 is 1.59 bits per heavy atom. The summed E-state index contributed by atoms with van der Waals surface area (Å²) in [5.74, 6) is 0.628. The lowest BCUT2D eigenvalue weighted by molar-refractivity contribution is 0.162. The molecule has 0 radical (unpaired) electrons. The summed E-state index contributed by atoms with van der Waals surface area (Å²) in [5, 5.41) is 13.0. The van der Waals surface area contributed by atoms with Gasteiger partial charge in [-0.05, 0) is 18.9 Å². The molecular weight excluding hydrogens is 216 g/mol. The van der Waals surface area contributed by atoms with E-state index < -0.39 is 0 Å². The van der Waals surface area contributed by atoms with E-state index in [1.54, 1.807) is 4.68 Å². The Morgan fingerprint density at radius 3 is 3.12 bits per heavy atom. The summed E-state index contributed by atoms with van der Waals surface area (Å²) >= 11 is 0. The smallest absolute Gasteiger partial charge is 0.0640 e. The number of nitrogens with two attached hydrogens (primary N) is 1. The van der Waals surface area contributed by atoms with Gasteiger partial charge in [0.25, 0.3) is 0 Å². The molecule has 96 valence electrons. The summed E-state index contributed by atoms with van der Waals surface area (Å²) in [5.41, 5.74) is 7.27. The summed E-state index contributed by atoms with van der Waals surface area (Å²) in [6.07, 6.45) is 5.05. The fraction of sp³-hybridized carbons (Fsp3) is 0.750. The monoisotopic (exact) mass is 238 g/mol. The molecule has 3 N–H and O–H groups in total. The second-order valence-electron chi connectivity index (χ2n) is 5.00. The van der Waals surface area contributed by atoms with Gasteiger partial charge in [-0.3, -0.25) is 9.58 Å². The molecule has 1 saturated heterocycles. The highest BCUT2D eigenvalue weighted by Gasteiger charge is 2.23. The zero-order chi connectivity index (χ0) is 12.3. The fourth-order valence-corrected chi connectivity index (χ4v) is 2.28. The van der Waals surface area contributed by atoms with E-state index in [0.29, 0.717) is 12.5 Å². The molecule has 17 heavy (non-hydrogen) atoms. The lowest BCUT2D eigenvalue weighted by Crippen LogP contribution is -2.47. The highest BCUT2D eigenvalue weighted by atomic mass is 16.3. The van der Waals surface area contributed by atoms with Crippen LogP contribution in [0.2, 0.25) is 0 Å². The quantitative estimate of drug-likeness (QED) is 0.777. The summed E-state index contributed by atoms with van der Waals surface area (Å²) in [4.78, 5) is 2.38. The van der Waals surface area contributed by atoms with E-state index in [1.807, 2.05) is 12.4 Å². The normalized spacial score (nSPS) is 26.3. The molecule has 0 amide bonds. The predicted molar refractivity (Wildman–Crippen MR) is 66.3 cm³/mol. The van der Waals surface area contributed by atoms with E-state index in [4.69, 9.17) is 10.8 Å². The van der Waals surface area contributed by atoms with Crippen molar-refractivity contribution in [2.24, 2.45) is 11.7 Å². The van der Waals surface area contributed by atoms with Crippen molar-refractivity contribution in [3.8, 4) is 0 Å². The zero-order valence-electron chi connectivity index (χ0n) is 10.4. The van der Waals surface area contributed by atoms with E-state index in [0.717, 1.165) is 19.6 Å². The second kappa shape index (κ2) is 5.62. The standard InChI is InChI=1S/C12H22N4O/c1-10-2-3-15(9-12(10)13)7-11-6-14-16(8-11)4-5-17/h6,8,10,12,17H,2-5,7,9,13H2,1H3. The molecule has 1 fully saturated rings. The van der Waals surface area contributed by atoms with Gasteiger partial charge >= 0.3 is 0 Å². The third kappa shape index (κ3) is 3.28. The second-order valence-corrected chi connectivity index (χ2v) is 5.00. The number of nitrogens with zero attached hydrogens (tertiary/aromatic N) is 3. The van der Waals surface area contributed by atoms with Crippen LogP contribution < -0.4 is 5.73 Å². The fourth-order valence-electron chi connectivity index (χ4n) is 2.28. The van der Waals surface area contributed by atoms with Gasteiger partial charge in [0, 0.05) is 30.9 Å². The lowest BCUT2D eigenvalue weighted by Gasteiger charge is -2.34. The summed E-state index contributed by atoms with van der Waals surface area (Å²) in [6.45, 7) is 5.91. The van der Waals surface area contributed by atoms with Crippen LogP contribution in [-0.4, -0.2) is 45.5 Å². The van der Waals surface area contributed by atoms with Gasteiger partial charge in [0.05, 0.1) is 19.3 Å². The Labute approximate surface area is 102 Å². The maximum atomic E-state index is 8.83. The molecule has 2 heterocycles. The minimum Gasteiger partial charge on any atom is -0.394 e. The molecule has 2 atom stereocenters. The SMILES string of the molecule is CC1CCN(Cc2cnn(CCO)c2)CC1N. The van der Waals surface area contributed by atoms with Gasteiger partial charge in [0.1, 0.15) is 0 Å². The summed E-state index contributed by atoms with van der Waals surface area (Å²) in [7, 11) is 0. The first-order valence-corrected chi connectivity index (χ1v) is 6.29. The van der Waals surface area contributed by atoms with Crippen molar-refractivity contribution in [3.05, 3.63) is 18.0 Å². The molecule has 2 rings (SSSR count). The highest BCUT2D eigenvalue weighted by molar-refractivity contribution is 5.04. The molecule has 5 nitrogen and oxygen atoms in total. The van der Waals surface area contributed by atoms with Crippen LogP contribution in [0.15, 0.2) is 12.4 Å². The third-order valence-electron chi connectivity index (χ3n) is 3.52. The van der Waals surface area contributed by atoms with Crippen LogP contribution >= 0.6 is 0 Å². The maximum absolute atomic E-state index is 8.83. The molecule has 1 aromatic rings. The highest BCUT2D eigenvalue weighted by Crippen LogP contribution is 2.17. The molecule has 0 aliphatic carbocycles. The van der Waals surface area contributed by atoms with Crippen LogP contribution in [0.25, 0.3) is 0 Å². The van der Waals surface area contributed by atoms with Crippen molar-refractivity contribution >= 4 is 0 Å². The van der Waals surface area contributed by atoms with Crippen LogP contribution in [0.3, 0.4) is 0 Å². The Bertz CT molecular complexity index is 352. The van der Waals surface area contributed by atoms with E-state index in [2.05, 4.69) is 16.9 Å². The van der Waals surface area contributed by atoms with Crippen LogP contribution in [0.4, 0.5) is 0 Å². The molecule has 5 heteroatoms. The van der Waals surface area contributed by atoms with Crippen molar-refractivity contribution in [2.45, 2.75) is 32.5 Å². The van der Waals surface area contributed by atoms with E-state index >= 15 is 0 Å². The number of rotatable bonds is 4. The summed E-state index contributed by atoms with van der Waals surface area (Å²) in [6, 6.07) is 0.288. The van der Waals surface area contributed by atoms with E-state index in [1.165, 1.54) is 12.0 Å². The Kier molecular flexibility index (Phi) is 4.15. The van der Waals surface area contributed by atoms with Crippen LogP contribution in [0, 0.1) is 5.92 Å². The first-order chi connectivity index (χ1) is 8.19. The number of hydrogen-bond acceptors (Lipinski definition) is 4. The lowest BCUT2D eigenvalue weighted by atomic mass is 9.94. The molecule has 1 aromatic heterocycles. The van der Waals surface area contributed by atoms with E-state index in [9.17, 15) is 0 Å². The number of aromatic nitrogens is 2. The largest absolute Gasteiger partial charge is 0.394 e. The van der Waals surface area contributed by atoms with Crippen LogP contribution in [-0.2, 0) is 13.1 Å². The minimum absolute atomic E-state index is 0.132. The Morgan fingerprint density at radius 2 is 2.41 bits per heavy atom. The van der Waals surface area contributed by atoms with Gasteiger partial charge in [0.2, 0.25) is 0 Å². The van der Waals surface area contributed by atoms with Crippen LogP contribution in [0.5, 0.6) is 0 Å². The summed E-state index contributed by atoms with van der Waals surface area (Å²) < 4.78 is 1.78. The molecule has 1 aliphatic rings. The van der Waals surface area contributed by atoms with Gasteiger partial charge in [-0.1, -0.05) is 6.92 Å². The first-order valence-electron chi connectivity index (χ1n) is 6.29. The Hall–Kier alpha value is -0.910. The van der Waals surface area contributed by atoms with Crippen molar-refractivity contribution in [3.63, 3.8) is 0 Å². The van der Waals surface area contributed by atoms with Gasteiger partial charge in [0.15, 0.2) is 0 Å². The van der Waals surface area contributed by atoms with Gasteiger partial charge in [-0.15, -0.1) is 0 Å². The average molecular weight is 238 g/mol. The molecule has 2 unspecified atom stereocenters. The zero-order valence-corrected chi connectivity index (χ0v) is 10.4.